The van der Waals surface area contributed by atoms with Gasteiger partial charge in [0.05, 0.1) is 0 Å². The molecule has 11 rings (SSSR count). The quantitative estimate of drug-likeness (QED) is 0.0950. The molecular formula is C68H52N4. The number of rotatable bonds is 15. The molecule has 0 aliphatic heterocycles. The lowest BCUT2D eigenvalue weighted by Gasteiger charge is -2.29. The van der Waals surface area contributed by atoms with Crippen molar-refractivity contribution in [1.82, 2.24) is 0 Å². The summed E-state index contributed by atoms with van der Waals surface area (Å²) in [6.07, 6.45) is 4.32. The van der Waals surface area contributed by atoms with Gasteiger partial charge >= 0.3 is 0 Å². The Labute approximate surface area is 423 Å². The second-order valence-corrected chi connectivity index (χ2v) is 17.5. The normalized spacial score (nSPS) is 11.0. The third-order valence-corrected chi connectivity index (χ3v) is 12.8. The maximum atomic E-state index is 2.32. The van der Waals surface area contributed by atoms with Crippen LogP contribution in [-0.4, -0.2) is 0 Å². The Morgan fingerprint density at radius 2 is 0.319 bits per heavy atom. The van der Waals surface area contributed by atoms with Crippen molar-refractivity contribution >= 4 is 80.4 Å². The Morgan fingerprint density at radius 3 is 0.556 bits per heavy atom. The van der Waals surface area contributed by atoms with Crippen LogP contribution in [0.4, 0.5) is 68.2 Å². The zero-order chi connectivity index (χ0) is 48.3. The van der Waals surface area contributed by atoms with Crippen LogP contribution in [0, 0.1) is 0 Å². The number of anilines is 12. The summed E-state index contributed by atoms with van der Waals surface area (Å²) in [4.78, 5) is 9.24. The Bertz CT molecular complexity index is 3400. The molecule has 4 nitrogen and oxygen atoms in total. The first kappa shape index (κ1) is 44.8. The number of hydrogen-bond acceptors (Lipinski definition) is 4. The summed E-state index contributed by atoms with van der Waals surface area (Å²) in [5.74, 6) is 0. The minimum absolute atomic E-state index is 1.06. The van der Waals surface area contributed by atoms with Crippen LogP contribution in [0.5, 0.6) is 0 Å². The van der Waals surface area contributed by atoms with Crippen LogP contribution in [0.3, 0.4) is 0 Å². The zero-order valence-corrected chi connectivity index (χ0v) is 39.8. The molecule has 0 fully saturated rings. The summed E-state index contributed by atoms with van der Waals surface area (Å²) in [5, 5.41) is 0. The van der Waals surface area contributed by atoms with Gasteiger partial charge in [0.25, 0.3) is 0 Å². The number of benzene rings is 11. The van der Waals surface area contributed by atoms with Gasteiger partial charge < -0.3 is 19.6 Å². The van der Waals surface area contributed by atoms with Gasteiger partial charge in [-0.05, 0) is 168 Å². The van der Waals surface area contributed by atoms with E-state index in [1.807, 2.05) is 6.07 Å². The molecule has 0 aliphatic carbocycles. The summed E-state index contributed by atoms with van der Waals surface area (Å²) < 4.78 is 0. The maximum Gasteiger partial charge on any atom is 0.0463 e. The predicted octanol–water partition coefficient (Wildman–Crippen LogP) is 19.4. The molecule has 0 radical (unpaired) electrons. The lowest BCUT2D eigenvalue weighted by Crippen LogP contribution is -2.13. The van der Waals surface area contributed by atoms with E-state index in [9.17, 15) is 0 Å². The molecule has 0 bridgehead atoms. The van der Waals surface area contributed by atoms with Crippen molar-refractivity contribution in [2.24, 2.45) is 0 Å². The fourth-order valence-corrected chi connectivity index (χ4v) is 9.27. The fourth-order valence-electron chi connectivity index (χ4n) is 9.27. The lowest BCUT2D eigenvalue weighted by atomic mass is 10.0. The summed E-state index contributed by atoms with van der Waals surface area (Å²) in [6, 6.07) is 107. The van der Waals surface area contributed by atoms with Crippen LogP contribution in [0.15, 0.2) is 303 Å². The van der Waals surface area contributed by atoms with Gasteiger partial charge in [-0.1, -0.05) is 170 Å². The fraction of sp³-hybridized carbons (Fsp3) is 0. The summed E-state index contributed by atoms with van der Waals surface area (Å²) in [5.41, 5.74) is 17.6. The number of hydrogen-bond donors (Lipinski definition) is 0. The first-order chi connectivity index (χ1) is 35.7. The molecule has 11 aromatic rings. The average Bonchev–Trinajstić information content (AvgIpc) is 3.46. The second kappa shape index (κ2) is 21.3. The first-order valence-corrected chi connectivity index (χ1v) is 24.4. The van der Waals surface area contributed by atoms with E-state index >= 15 is 0 Å². The van der Waals surface area contributed by atoms with Crippen molar-refractivity contribution in [3.63, 3.8) is 0 Å². The van der Waals surface area contributed by atoms with Crippen molar-refractivity contribution in [1.29, 1.82) is 0 Å². The van der Waals surface area contributed by atoms with E-state index in [0.717, 1.165) is 84.9 Å². The Kier molecular flexibility index (Phi) is 13.3. The van der Waals surface area contributed by atoms with Crippen LogP contribution in [0.2, 0.25) is 0 Å². The average molecular weight is 925 g/mol. The van der Waals surface area contributed by atoms with Crippen molar-refractivity contribution in [3.8, 4) is 11.1 Å². The van der Waals surface area contributed by atoms with Gasteiger partial charge in [0.15, 0.2) is 0 Å². The molecule has 72 heavy (non-hydrogen) atoms. The molecule has 0 heterocycles. The van der Waals surface area contributed by atoms with Crippen molar-refractivity contribution in [2.75, 3.05) is 19.6 Å². The topological polar surface area (TPSA) is 13.0 Å². The molecular weight excluding hydrogens is 873 g/mol. The third kappa shape index (κ3) is 10.1. The van der Waals surface area contributed by atoms with Crippen LogP contribution in [0.25, 0.3) is 23.3 Å². The van der Waals surface area contributed by atoms with Gasteiger partial charge in [0.2, 0.25) is 0 Å². The smallest absolute Gasteiger partial charge is 0.0463 e. The van der Waals surface area contributed by atoms with Crippen LogP contribution in [-0.2, 0) is 0 Å². The van der Waals surface area contributed by atoms with Crippen LogP contribution in [0.1, 0.15) is 11.1 Å². The molecule has 0 N–H and O–H groups in total. The standard InChI is InChI=1S/C68H52N4/c1-7-19-53(20-8-1)31-32-54-33-39-62(40-34-54)70(59-25-13-4-14-26-59)65-45-49-67(50-46-65)72(61-29-17-6-18-30-61)68-51-47-66(48-52-68)71(60-27-15-5-16-28-60)64-43-37-56(38-44-64)55-35-41-63(42-36-55)69(57-21-9-2-10-22-57)58-23-11-3-12-24-58/h1-52H. The van der Waals surface area contributed by atoms with Crippen molar-refractivity contribution < 1.29 is 0 Å². The lowest BCUT2D eigenvalue weighted by molar-refractivity contribution is 1.24. The van der Waals surface area contributed by atoms with E-state index in [4.69, 9.17) is 0 Å². The van der Waals surface area contributed by atoms with E-state index in [0.29, 0.717) is 0 Å². The monoisotopic (exact) mass is 924 g/mol. The third-order valence-electron chi connectivity index (χ3n) is 12.8. The summed E-state index contributed by atoms with van der Waals surface area (Å²) in [6.45, 7) is 0. The van der Waals surface area contributed by atoms with Crippen LogP contribution >= 0.6 is 0 Å². The minimum atomic E-state index is 1.06. The number of nitrogens with zero attached hydrogens (tertiary/aromatic N) is 4. The molecule has 4 heteroatoms. The number of para-hydroxylation sites is 5. The van der Waals surface area contributed by atoms with Gasteiger partial charge in [-0.3, -0.25) is 0 Å². The van der Waals surface area contributed by atoms with Crippen LogP contribution < -0.4 is 19.6 Å². The Hall–Kier alpha value is -9.64. The molecule has 0 unspecified atom stereocenters. The van der Waals surface area contributed by atoms with Gasteiger partial charge in [-0.15, -0.1) is 0 Å². The van der Waals surface area contributed by atoms with E-state index < -0.39 is 0 Å². The molecule has 0 saturated carbocycles. The van der Waals surface area contributed by atoms with Crippen molar-refractivity contribution in [3.05, 3.63) is 314 Å². The zero-order valence-electron chi connectivity index (χ0n) is 39.8. The van der Waals surface area contributed by atoms with Gasteiger partial charge in [0.1, 0.15) is 0 Å². The highest BCUT2D eigenvalue weighted by Gasteiger charge is 2.19. The molecule has 0 aliphatic rings. The van der Waals surface area contributed by atoms with E-state index in [1.54, 1.807) is 0 Å². The van der Waals surface area contributed by atoms with Gasteiger partial charge in [0, 0.05) is 68.2 Å². The van der Waals surface area contributed by atoms with E-state index in [2.05, 4.69) is 329 Å². The molecule has 11 aromatic carbocycles. The molecule has 0 atom stereocenters. The minimum Gasteiger partial charge on any atom is -0.311 e. The van der Waals surface area contributed by atoms with Gasteiger partial charge in [-0.25, -0.2) is 0 Å². The maximum absolute atomic E-state index is 2.32. The van der Waals surface area contributed by atoms with E-state index in [-0.39, 0.29) is 0 Å². The first-order valence-electron chi connectivity index (χ1n) is 24.4. The highest BCUT2D eigenvalue weighted by Crippen LogP contribution is 2.42. The molecule has 344 valence electrons. The SMILES string of the molecule is C(=Cc1ccc(N(c2ccccc2)c2ccc(N(c3ccccc3)c3ccc(N(c4ccccc4)c4ccc(-c5ccc(N(c6ccccc6)c6ccccc6)cc5)cc4)cc3)cc2)cc1)c1ccccc1. The highest BCUT2D eigenvalue weighted by molar-refractivity contribution is 5.85. The van der Waals surface area contributed by atoms with Crippen molar-refractivity contribution in [2.45, 2.75) is 0 Å². The Balaban J connectivity index is 0.871. The van der Waals surface area contributed by atoms with Gasteiger partial charge in [-0.2, -0.15) is 0 Å². The molecule has 0 amide bonds. The molecule has 0 aromatic heterocycles. The highest BCUT2D eigenvalue weighted by atomic mass is 15.2. The Morgan fingerprint density at radius 1 is 0.153 bits per heavy atom. The van der Waals surface area contributed by atoms with E-state index in [1.165, 1.54) is 5.56 Å². The second-order valence-electron chi connectivity index (χ2n) is 17.5. The molecule has 0 spiro atoms. The summed E-state index contributed by atoms with van der Waals surface area (Å²) >= 11 is 0. The summed E-state index contributed by atoms with van der Waals surface area (Å²) in [7, 11) is 0. The molecule has 0 saturated heterocycles. The largest absolute Gasteiger partial charge is 0.311 e. The predicted molar refractivity (Wildman–Crippen MR) is 306 cm³/mol.